The Morgan fingerprint density at radius 2 is 1.95 bits per heavy atom. The predicted molar refractivity (Wildman–Crippen MR) is 88.9 cm³/mol. The van der Waals surface area contributed by atoms with Crippen LogP contribution in [-0.4, -0.2) is 60.0 Å². The molecule has 1 aliphatic rings. The molecule has 0 bridgehead atoms. The standard InChI is InChI=1S/C17H22N4O/c1-2-20-9-11-21(12-10-20)16(22)13-19-15-7-3-5-14-6-4-8-18-17(14)15/h3-8,19H,2,9-13H2,1H3. The van der Waals surface area contributed by atoms with E-state index in [4.69, 9.17) is 0 Å². The monoisotopic (exact) mass is 298 g/mol. The molecule has 0 atom stereocenters. The Labute approximate surface area is 130 Å². The number of nitrogens with one attached hydrogen (secondary N) is 1. The molecule has 116 valence electrons. The van der Waals surface area contributed by atoms with E-state index in [-0.39, 0.29) is 5.91 Å². The van der Waals surface area contributed by atoms with E-state index in [0.717, 1.165) is 49.3 Å². The third kappa shape index (κ3) is 3.20. The van der Waals surface area contributed by atoms with Gasteiger partial charge in [0, 0.05) is 37.8 Å². The number of likely N-dealkylation sites (N-methyl/N-ethyl adjacent to an activating group) is 1. The van der Waals surface area contributed by atoms with E-state index >= 15 is 0 Å². The van der Waals surface area contributed by atoms with Crippen molar-refractivity contribution in [3.05, 3.63) is 36.5 Å². The molecule has 1 aliphatic heterocycles. The zero-order valence-electron chi connectivity index (χ0n) is 13.0. The number of nitrogens with zero attached hydrogens (tertiary/aromatic N) is 3. The van der Waals surface area contributed by atoms with E-state index < -0.39 is 0 Å². The van der Waals surface area contributed by atoms with Gasteiger partial charge in [0.2, 0.25) is 5.91 Å². The second-order valence-corrected chi connectivity index (χ2v) is 5.55. The van der Waals surface area contributed by atoms with Gasteiger partial charge in [-0.2, -0.15) is 0 Å². The molecule has 22 heavy (non-hydrogen) atoms. The molecule has 0 spiro atoms. The summed E-state index contributed by atoms with van der Waals surface area (Å²) in [4.78, 5) is 21.0. The minimum Gasteiger partial charge on any atom is -0.374 e. The SMILES string of the molecule is CCN1CCN(C(=O)CNc2cccc3cccnc23)CC1. The largest absolute Gasteiger partial charge is 0.374 e. The van der Waals surface area contributed by atoms with Gasteiger partial charge in [-0.05, 0) is 18.7 Å². The van der Waals surface area contributed by atoms with Gasteiger partial charge in [0.1, 0.15) is 0 Å². The van der Waals surface area contributed by atoms with Crippen molar-refractivity contribution in [3.8, 4) is 0 Å². The topological polar surface area (TPSA) is 48.5 Å². The minimum absolute atomic E-state index is 0.156. The van der Waals surface area contributed by atoms with Crippen LogP contribution < -0.4 is 5.32 Å². The number of amides is 1. The summed E-state index contributed by atoms with van der Waals surface area (Å²) < 4.78 is 0. The Hall–Kier alpha value is -2.14. The Balaban J connectivity index is 1.61. The van der Waals surface area contributed by atoms with E-state index in [0.29, 0.717) is 6.54 Å². The number of fused-ring (bicyclic) bond motifs is 1. The van der Waals surface area contributed by atoms with Crippen molar-refractivity contribution < 1.29 is 4.79 Å². The third-order valence-corrected chi connectivity index (χ3v) is 4.23. The van der Waals surface area contributed by atoms with Gasteiger partial charge in [-0.25, -0.2) is 0 Å². The van der Waals surface area contributed by atoms with Crippen molar-refractivity contribution in [1.82, 2.24) is 14.8 Å². The Morgan fingerprint density at radius 1 is 1.18 bits per heavy atom. The number of anilines is 1. The first-order valence-electron chi connectivity index (χ1n) is 7.85. The molecule has 1 fully saturated rings. The lowest BCUT2D eigenvalue weighted by atomic mass is 10.2. The zero-order valence-corrected chi connectivity index (χ0v) is 13.0. The highest BCUT2D eigenvalue weighted by molar-refractivity contribution is 5.92. The van der Waals surface area contributed by atoms with Crippen LogP contribution in [0, 0.1) is 0 Å². The highest BCUT2D eigenvalue weighted by Crippen LogP contribution is 2.20. The number of rotatable bonds is 4. The van der Waals surface area contributed by atoms with E-state index in [1.165, 1.54) is 0 Å². The van der Waals surface area contributed by atoms with E-state index in [2.05, 4.69) is 22.1 Å². The molecule has 1 N–H and O–H groups in total. The summed E-state index contributed by atoms with van der Waals surface area (Å²) in [5.41, 5.74) is 1.83. The minimum atomic E-state index is 0.156. The van der Waals surface area contributed by atoms with Gasteiger partial charge in [-0.1, -0.05) is 25.1 Å². The number of piperazine rings is 1. The Kier molecular flexibility index (Phi) is 4.53. The van der Waals surface area contributed by atoms with Crippen molar-refractivity contribution in [2.75, 3.05) is 44.6 Å². The quantitative estimate of drug-likeness (QED) is 0.935. The number of carbonyl (C=O) groups is 1. The summed E-state index contributed by atoms with van der Waals surface area (Å²) in [6.07, 6.45) is 1.78. The van der Waals surface area contributed by atoms with Crippen molar-refractivity contribution in [2.24, 2.45) is 0 Å². The molecule has 0 aliphatic carbocycles. The average molecular weight is 298 g/mol. The second kappa shape index (κ2) is 6.75. The fraction of sp³-hybridized carbons (Fsp3) is 0.412. The van der Waals surface area contributed by atoms with Crippen LogP contribution in [0.15, 0.2) is 36.5 Å². The lowest BCUT2D eigenvalue weighted by molar-refractivity contribution is -0.131. The first kappa shape index (κ1) is 14.8. The number of hydrogen-bond acceptors (Lipinski definition) is 4. The number of pyridine rings is 1. The first-order valence-corrected chi connectivity index (χ1v) is 7.85. The van der Waals surface area contributed by atoms with Crippen molar-refractivity contribution in [1.29, 1.82) is 0 Å². The summed E-state index contributed by atoms with van der Waals surface area (Å²) in [6.45, 7) is 7.12. The molecule has 5 nitrogen and oxygen atoms in total. The van der Waals surface area contributed by atoms with Gasteiger partial charge in [-0.15, -0.1) is 0 Å². The van der Waals surface area contributed by atoms with Gasteiger partial charge >= 0.3 is 0 Å². The summed E-state index contributed by atoms with van der Waals surface area (Å²) in [5, 5.41) is 4.32. The number of aromatic nitrogens is 1. The molecule has 1 saturated heterocycles. The number of para-hydroxylation sites is 1. The number of hydrogen-bond donors (Lipinski definition) is 1. The van der Waals surface area contributed by atoms with Crippen molar-refractivity contribution in [2.45, 2.75) is 6.92 Å². The van der Waals surface area contributed by atoms with E-state index in [1.807, 2.05) is 35.2 Å². The van der Waals surface area contributed by atoms with Crippen molar-refractivity contribution in [3.63, 3.8) is 0 Å². The smallest absolute Gasteiger partial charge is 0.241 e. The normalized spacial score (nSPS) is 16.0. The highest BCUT2D eigenvalue weighted by Gasteiger charge is 2.19. The lowest BCUT2D eigenvalue weighted by Gasteiger charge is -2.34. The van der Waals surface area contributed by atoms with Gasteiger partial charge in [0.15, 0.2) is 0 Å². The molecular weight excluding hydrogens is 276 g/mol. The van der Waals surface area contributed by atoms with Crippen LogP contribution in [0.2, 0.25) is 0 Å². The molecule has 0 saturated carbocycles. The number of carbonyl (C=O) groups excluding carboxylic acids is 1. The average Bonchev–Trinajstić information content (AvgIpc) is 2.59. The molecule has 2 aromatic rings. The molecule has 5 heteroatoms. The predicted octanol–water partition coefficient (Wildman–Crippen LogP) is 1.81. The van der Waals surface area contributed by atoms with Crippen LogP contribution in [0.3, 0.4) is 0 Å². The molecule has 1 aromatic heterocycles. The van der Waals surface area contributed by atoms with Gasteiger partial charge in [-0.3, -0.25) is 9.78 Å². The molecule has 1 amide bonds. The molecule has 3 rings (SSSR count). The maximum Gasteiger partial charge on any atom is 0.241 e. The molecule has 1 aromatic carbocycles. The third-order valence-electron chi connectivity index (χ3n) is 4.23. The van der Waals surface area contributed by atoms with Crippen LogP contribution in [0.25, 0.3) is 10.9 Å². The summed E-state index contributed by atoms with van der Waals surface area (Å²) in [5.74, 6) is 0.156. The zero-order chi connectivity index (χ0) is 15.4. The molecule has 0 unspecified atom stereocenters. The van der Waals surface area contributed by atoms with Gasteiger partial charge < -0.3 is 15.1 Å². The fourth-order valence-electron chi connectivity index (χ4n) is 2.84. The Bertz CT molecular complexity index is 645. The first-order chi connectivity index (χ1) is 10.8. The van der Waals surface area contributed by atoms with Crippen LogP contribution in [0.4, 0.5) is 5.69 Å². The van der Waals surface area contributed by atoms with Gasteiger partial charge in [0.05, 0.1) is 17.7 Å². The molecule has 2 heterocycles. The van der Waals surface area contributed by atoms with Crippen LogP contribution in [0.1, 0.15) is 6.92 Å². The van der Waals surface area contributed by atoms with Crippen LogP contribution in [0.5, 0.6) is 0 Å². The molecular formula is C17H22N4O. The van der Waals surface area contributed by atoms with Gasteiger partial charge in [0.25, 0.3) is 0 Å². The molecule has 0 radical (unpaired) electrons. The van der Waals surface area contributed by atoms with E-state index in [1.54, 1.807) is 6.20 Å². The second-order valence-electron chi connectivity index (χ2n) is 5.55. The lowest BCUT2D eigenvalue weighted by Crippen LogP contribution is -2.49. The highest BCUT2D eigenvalue weighted by atomic mass is 16.2. The number of benzene rings is 1. The Morgan fingerprint density at radius 3 is 2.73 bits per heavy atom. The van der Waals surface area contributed by atoms with Crippen molar-refractivity contribution >= 4 is 22.5 Å². The van der Waals surface area contributed by atoms with Crippen LogP contribution >= 0.6 is 0 Å². The maximum absolute atomic E-state index is 12.3. The maximum atomic E-state index is 12.3. The summed E-state index contributed by atoms with van der Waals surface area (Å²) in [6, 6.07) is 9.93. The fourth-order valence-corrected chi connectivity index (χ4v) is 2.84. The van der Waals surface area contributed by atoms with E-state index in [9.17, 15) is 4.79 Å². The summed E-state index contributed by atoms with van der Waals surface area (Å²) in [7, 11) is 0. The summed E-state index contributed by atoms with van der Waals surface area (Å²) >= 11 is 0. The van der Waals surface area contributed by atoms with Crippen LogP contribution in [-0.2, 0) is 4.79 Å².